The maximum atomic E-state index is 13.9. The van der Waals surface area contributed by atoms with E-state index in [0.717, 1.165) is 17.8 Å². The molecule has 0 saturated carbocycles. The zero-order chi connectivity index (χ0) is 31.4. The Morgan fingerprint density at radius 2 is 1.79 bits per heavy atom. The number of rotatable bonds is 11. The quantitative estimate of drug-likeness (QED) is 0.254. The average Bonchev–Trinajstić information content (AvgIpc) is 3.39. The van der Waals surface area contributed by atoms with Crippen LogP contribution in [0.25, 0.3) is 0 Å². The zero-order valence-electron chi connectivity index (χ0n) is 25.2. The Hall–Kier alpha value is -3.72. The first-order chi connectivity index (χ1) is 20.2. The van der Waals surface area contributed by atoms with Gasteiger partial charge in [-0.1, -0.05) is 19.6 Å². The van der Waals surface area contributed by atoms with Gasteiger partial charge in [-0.2, -0.15) is 18.3 Å². The Bertz CT molecular complexity index is 1450. The van der Waals surface area contributed by atoms with Gasteiger partial charge in [0.05, 0.1) is 17.4 Å². The van der Waals surface area contributed by atoms with Crippen molar-refractivity contribution in [2.75, 3.05) is 43.0 Å². The molecule has 3 aromatic heterocycles. The predicted octanol–water partition coefficient (Wildman–Crippen LogP) is 3.94. The number of ether oxygens (including phenoxy) is 1. The van der Waals surface area contributed by atoms with Gasteiger partial charge in [0.25, 0.3) is 11.5 Å². The van der Waals surface area contributed by atoms with Crippen LogP contribution >= 0.6 is 0 Å². The summed E-state index contributed by atoms with van der Waals surface area (Å²) in [4.78, 5) is 38.3. The Labute approximate surface area is 249 Å². The van der Waals surface area contributed by atoms with Gasteiger partial charge in [-0.05, 0) is 31.5 Å². The number of carbonyl (C=O) groups is 1. The number of carbonyl (C=O) groups excluding carboxylic acids is 1. The summed E-state index contributed by atoms with van der Waals surface area (Å²) >= 11 is 0. The minimum Gasteiger partial charge on any atom is -0.379 e. The van der Waals surface area contributed by atoms with Crippen molar-refractivity contribution in [2.45, 2.75) is 65.0 Å². The molecule has 4 heterocycles. The summed E-state index contributed by atoms with van der Waals surface area (Å²) in [6.07, 6.45) is 3.03. The molecule has 1 atom stereocenters. The van der Waals surface area contributed by atoms with E-state index in [9.17, 15) is 22.8 Å². The molecule has 11 nitrogen and oxygen atoms in total. The lowest BCUT2D eigenvalue weighted by Crippen LogP contribution is -2.49. The third kappa shape index (κ3) is 8.66. The van der Waals surface area contributed by atoms with Gasteiger partial charge in [0, 0.05) is 78.2 Å². The normalized spacial score (nSPS) is 15.1. The number of nitrogens with zero attached hydrogens (tertiary/aromatic N) is 7. The average molecular weight is 621 g/mol. The van der Waals surface area contributed by atoms with Crippen molar-refractivity contribution in [2.24, 2.45) is 0 Å². The van der Waals surface area contributed by atoms with Crippen molar-refractivity contribution in [3.8, 4) is 0 Å². The SMILES string of the molecule is Cc1cnc(N2CCN(C(=O)c3ccn(CC(C)Nc4cnn(COCC[Si](C)(C)C)c(=O)c4C(F)(F)F)c3)CC2)nc1. The van der Waals surface area contributed by atoms with Crippen molar-refractivity contribution in [1.29, 1.82) is 0 Å². The molecule has 0 spiro atoms. The second-order valence-electron chi connectivity index (χ2n) is 12.1. The molecule has 0 radical (unpaired) electrons. The highest BCUT2D eigenvalue weighted by molar-refractivity contribution is 6.76. The first-order valence-corrected chi connectivity index (χ1v) is 17.9. The summed E-state index contributed by atoms with van der Waals surface area (Å²) in [5, 5.41) is 6.70. The smallest absolute Gasteiger partial charge is 0.379 e. The topological polar surface area (TPSA) is 110 Å². The maximum absolute atomic E-state index is 13.9. The van der Waals surface area contributed by atoms with Gasteiger partial charge in [-0.3, -0.25) is 9.59 Å². The molecule has 1 amide bonds. The standard InChI is InChI=1S/C28H39F3N8O3Si/c1-20-14-32-27(33-15-20)38-10-8-37(9-11-38)25(40)22-6-7-36(18-22)17-21(2)35-23-16-34-39(19-42-12-13-43(3,4)5)26(41)24(23)28(29,30)31/h6-7,14-16,18,21,35H,8-13,17,19H2,1-5H3. The maximum Gasteiger partial charge on any atom is 0.423 e. The lowest BCUT2D eigenvalue weighted by atomic mass is 10.2. The fraction of sp³-hybridized carbons (Fsp3) is 0.536. The first kappa shape index (κ1) is 32.2. The molecule has 1 fully saturated rings. The Morgan fingerprint density at radius 1 is 1.12 bits per heavy atom. The largest absolute Gasteiger partial charge is 0.423 e. The molecule has 0 aliphatic carbocycles. The summed E-state index contributed by atoms with van der Waals surface area (Å²) in [7, 11) is -1.39. The van der Waals surface area contributed by atoms with Crippen LogP contribution in [0.15, 0.2) is 41.8 Å². The molecule has 43 heavy (non-hydrogen) atoms. The molecule has 1 aliphatic heterocycles. The lowest BCUT2D eigenvalue weighted by Gasteiger charge is -2.34. The number of aromatic nitrogens is 5. The number of aryl methyl sites for hydroxylation is 1. The van der Waals surface area contributed by atoms with Gasteiger partial charge in [-0.15, -0.1) is 0 Å². The van der Waals surface area contributed by atoms with Crippen LogP contribution < -0.4 is 15.8 Å². The number of hydrogen-bond donors (Lipinski definition) is 1. The van der Waals surface area contributed by atoms with Crippen LogP contribution in [0.1, 0.15) is 28.4 Å². The Morgan fingerprint density at radius 3 is 2.42 bits per heavy atom. The van der Waals surface area contributed by atoms with Gasteiger partial charge < -0.3 is 24.4 Å². The van der Waals surface area contributed by atoms with Gasteiger partial charge in [0.1, 0.15) is 12.3 Å². The van der Waals surface area contributed by atoms with E-state index < -0.39 is 37.1 Å². The van der Waals surface area contributed by atoms with Crippen molar-refractivity contribution >= 4 is 25.6 Å². The minimum atomic E-state index is -4.88. The summed E-state index contributed by atoms with van der Waals surface area (Å²) in [6.45, 7) is 12.6. The molecule has 0 aromatic carbocycles. The molecule has 3 aromatic rings. The molecule has 234 valence electrons. The number of anilines is 2. The summed E-state index contributed by atoms with van der Waals surface area (Å²) in [5.41, 5.74) is -1.52. The van der Waals surface area contributed by atoms with Crippen LogP contribution in [0.2, 0.25) is 25.7 Å². The number of nitrogens with one attached hydrogen (secondary N) is 1. The van der Waals surface area contributed by atoms with Crippen LogP contribution in [-0.2, 0) is 24.2 Å². The monoisotopic (exact) mass is 620 g/mol. The molecule has 1 unspecified atom stereocenters. The number of piperazine rings is 1. The lowest BCUT2D eigenvalue weighted by molar-refractivity contribution is -0.138. The van der Waals surface area contributed by atoms with E-state index in [1.54, 1.807) is 47.2 Å². The van der Waals surface area contributed by atoms with Crippen molar-refractivity contribution in [3.05, 3.63) is 64.1 Å². The summed E-state index contributed by atoms with van der Waals surface area (Å²) in [6, 6.07) is 1.99. The van der Waals surface area contributed by atoms with E-state index in [4.69, 9.17) is 4.74 Å². The Kier molecular flexibility index (Phi) is 9.95. The highest BCUT2D eigenvalue weighted by Crippen LogP contribution is 2.32. The fourth-order valence-electron chi connectivity index (χ4n) is 4.64. The minimum absolute atomic E-state index is 0.122. The van der Waals surface area contributed by atoms with Crippen molar-refractivity contribution in [1.82, 2.24) is 29.2 Å². The third-order valence-electron chi connectivity index (χ3n) is 7.04. The van der Waals surface area contributed by atoms with E-state index in [1.807, 2.05) is 11.8 Å². The molecule has 1 aliphatic rings. The molecule has 4 rings (SSSR count). The van der Waals surface area contributed by atoms with Crippen LogP contribution in [0.5, 0.6) is 0 Å². The van der Waals surface area contributed by atoms with E-state index in [0.29, 0.717) is 49.0 Å². The second kappa shape index (κ2) is 13.3. The summed E-state index contributed by atoms with van der Waals surface area (Å²) in [5.74, 6) is 0.514. The van der Waals surface area contributed by atoms with Crippen LogP contribution in [0.4, 0.5) is 24.8 Å². The number of hydrogen-bond acceptors (Lipinski definition) is 8. The van der Waals surface area contributed by atoms with E-state index in [2.05, 4.69) is 40.0 Å². The zero-order valence-corrected chi connectivity index (χ0v) is 26.2. The van der Waals surface area contributed by atoms with Crippen LogP contribution in [0.3, 0.4) is 0 Å². The molecule has 1 saturated heterocycles. The van der Waals surface area contributed by atoms with Gasteiger partial charge in [-0.25, -0.2) is 14.6 Å². The van der Waals surface area contributed by atoms with E-state index in [1.165, 1.54) is 0 Å². The van der Waals surface area contributed by atoms with Gasteiger partial charge >= 0.3 is 6.18 Å². The van der Waals surface area contributed by atoms with Gasteiger partial charge in [0.2, 0.25) is 5.95 Å². The number of halogens is 3. The number of amides is 1. The van der Waals surface area contributed by atoms with Crippen molar-refractivity contribution < 1.29 is 22.7 Å². The predicted molar refractivity (Wildman–Crippen MR) is 160 cm³/mol. The molecular formula is C28H39F3N8O3Si. The van der Waals surface area contributed by atoms with Crippen molar-refractivity contribution in [3.63, 3.8) is 0 Å². The molecule has 0 bridgehead atoms. The summed E-state index contributed by atoms with van der Waals surface area (Å²) < 4.78 is 49.7. The van der Waals surface area contributed by atoms with Gasteiger partial charge in [0.15, 0.2) is 0 Å². The number of alkyl halides is 3. The first-order valence-electron chi connectivity index (χ1n) is 14.2. The molecule has 1 N–H and O–H groups in total. The van der Waals surface area contributed by atoms with E-state index in [-0.39, 0.29) is 19.2 Å². The molecule has 15 heteroatoms. The highest BCUT2D eigenvalue weighted by Gasteiger charge is 2.38. The Balaban J connectivity index is 1.35. The highest BCUT2D eigenvalue weighted by atomic mass is 28.3. The van der Waals surface area contributed by atoms with E-state index >= 15 is 0 Å². The fourth-order valence-corrected chi connectivity index (χ4v) is 5.40. The third-order valence-corrected chi connectivity index (χ3v) is 8.74. The molecular weight excluding hydrogens is 581 g/mol. The second-order valence-corrected chi connectivity index (χ2v) is 17.7. The van der Waals surface area contributed by atoms with Crippen LogP contribution in [0, 0.1) is 6.92 Å². The van der Waals surface area contributed by atoms with Crippen LogP contribution in [-0.4, -0.2) is 82.0 Å².